The standard InChI is InChI=1S/C41H42ClN3O5S/c1-4-31(3)43-41(47)39(27-32-11-7-5-8-12-32)44(28-33-17-19-34(42)20-18-33)40(46)29-45(51(48,49)38-25-15-30(2)16-26-38)35-21-23-37(24-22-35)50-36-13-9-6-10-14-36/h5-26,31,39H,4,27-29H2,1-3H3,(H,43,47)/t31-,39+/m1/s1. The molecule has 0 fully saturated rings. The molecular weight excluding hydrogens is 682 g/mol. The van der Waals surface area contributed by atoms with Gasteiger partial charge in [0.1, 0.15) is 24.1 Å². The SMILES string of the molecule is CC[C@@H](C)NC(=O)[C@H](Cc1ccccc1)N(Cc1ccc(Cl)cc1)C(=O)CN(c1ccc(Oc2ccccc2)cc1)S(=O)(=O)c1ccc(C)cc1. The van der Waals surface area contributed by atoms with Crippen LogP contribution in [-0.4, -0.2) is 43.8 Å². The summed E-state index contributed by atoms with van der Waals surface area (Å²) in [6.45, 7) is 5.23. The lowest BCUT2D eigenvalue weighted by molar-refractivity contribution is -0.140. The zero-order valence-electron chi connectivity index (χ0n) is 28.9. The highest BCUT2D eigenvalue weighted by Gasteiger charge is 2.35. The topological polar surface area (TPSA) is 96.0 Å². The van der Waals surface area contributed by atoms with Gasteiger partial charge in [0.2, 0.25) is 11.8 Å². The van der Waals surface area contributed by atoms with Crippen molar-refractivity contribution in [2.45, 2.75) is 57.1 Å². The Bertz CT molecular complexity index is 1990. The van der Waals surface area contributed by atoms with E-state index in [2.05, 4.69) is 5.32 Å². The molecule has 0 aromatic heterocycles. The van der Waals surface area contributed by atoms with Crippen LogP contribution in [0.15, 0.2) is 138 Å². The number of ether oxygens (including phenoxy) is 1. The van der Waals surface area contributed by atoms with Crippen molar-refractivity contribution in [1.82, 2.24) is 10.2 Å². The van der Waals surface area contributed by atoms with E-state index in [-0.39, 0.29) is 35.5 Å². The third-order valence-electron chi connectivity index (χ3n) is 8.53. The van der Waals surface area contributed by atoms with Gasteiger partial charge in [0.15, 0.2) is 0 Å². The first-order chi connectivity index (χ1) is 24.5. The minimum Gasteiger partial charge on any atom is -0.457 e. The first-order valence-electron chi connectivity index (χ1n) is 16.8. The summed E-state index contributed by atoms with van der Waals surface area (Å²) in [5, 5.41) is 3.58. The second-order valence-corrected chi connectivity index (χ2v) is 14.7. The van der Waals surface area contributed by atoms with E-state index in [0.717, 1.165) is 21.0 Å². The van der Waals surface area contributed by atoms with Crippen molar-refractivity contribution in [2.24, 2.45) is 0 Å². The fourth-order valence-electron chi connectivity index (χ4n) is 5.45. The normalized spacial score (nSPS) is 12.4. The van der Waals surface area contributed by atoms with Crippen molar-refractivity contribution in [2.75, 3.05) is 10.8 Å². The monoisotopic (exact) mass is 723 g/mol. The average molecular weight is 724 g/mol. The summed E-state index contributed by atoms with van der Waals surface area (Å²) in [5.74, 6) is 0.247. The Morgan fingerprint density at radius 3 is 1.96 bits per heavy atom. The Hall–Kier alpha value is -5.12. The molecule has 0 aliphatic rings. The van der Waals surface area contributed by atoms with E-state index in [1.807, 2.05) is 81.4 Å². The summed E-state index contributed by atoms with van der Waals surface area (Å²) >= 11 is 6.19. The Morgan fingerprint density at radius 2 is 1.35 bits per heavy atom. The Morgan fingerprint density at radius 1 is 0.765 bits per heavy atom. The number of hydrogen-bond donors (Lipinski definition) is 1. The molecule has 0 radical (unpaired) electrons. The molecule has 10 heteroatoms. The van der Waals surface area contributed by atoms with Gasteiger partial charge in [-0.1, -0.05) is 96.9 Å². The molecule has 0 aliphatic carbocycles. The molecule has 5 rings (SSSR count). The number of carbonyl (C=O) groups is 2. The first-order valence-corrected chi connectivity index (χ1v) is 18.7. The molecule has 5 aromatic carbocycles. The Balaban J connectivity index is 1.56. The molecule has 0 aliphatic heterocycles. The lowest BCUT2D eigenvalue weighted by Gasteiger charge is -2.34. The molecule has 0 saturated heterocycles. The zero-order chi connectivity index (χ0) is 36.4. The van der Waals surface area contributed by atoms with Gasteiger partial charge in [0.25, 0.3) is 10.0 Å². The number of carbonyl (C=O) groups excluding carboxylic acids is 2. The zero-order valence-corrected chi connectivity index (χ0v) is 30.5. The summed E-state index contributed by atoms with van der Waals surface area (Å²) in [5.41, 5.74) is 2.75. The molecular formula is C41H42ClN3O5S. The highest BCUT2D eigenvalue weighted by molar-refractivity contribution is 7.92. The Labute approximate surface area is 305 Å². The summed E-state index contributed by atoms with van der Waals surface area (Å²) < 4.78 is 35.8. The van der Waals surface area contributed by atoms with Gasteiger partial charge >= 0.3 is 0 Å². The maximum Gasteiger partial charge on any atom is 0.264 e. The number of benzene rings is 5. The Kier molecular flexibility index (Phi) is 12.5. The molecule has 5 aromatic rings. The number of para-hydroxylation sites is 1. The van der Waals surface area contributed by atoms with E-state index >= 15 is 0 Å². The van der Waals surface area contributed by atoms with Gasteiger partial charge in [0.05, 0.1) is 10.6 Å². The average Bonchev–Trinajstić information content (AvgIpc) is 3.14. The maximum atomic E-state index is 14.7. The van der Waals surface area contributed by atoms with Gasteiger partial charge in [-0.15, -0.1) is 0 Å². The van der Waals surface area contributed by atoms with Gasteiger partial charge in [0, 0.05) is 24.0 Å². The summed E-state index contributed by atoms with van der Waals surface area (Å²) in [7, 11) is -4.25. The molecule has 0 heterocycles. The predicted molar refractivity (Wildman–Crippen MR) is 203 cm³/mol. The number of rotatable bonds is 15. The molecule has 8 nitrogen and oxygen atoms in total. The van der Waals surface area contributed by atoms with Crippen LogP contribution in [0.1, 0.15) is 37.0 Å². The minimum atomic E-state index is -4.25. The van der Waals surface area contributed by atoms with Crippen LogP contribution in [0.2, 0.25) is 5.02 Å². The van der Waals surface area contributed by atoms with Crippen LogP contribution in [0.25, 0.3) is 0 Å². The van der Waals surface area contributed by atoms with E-state index in [1.165, 1.54) is 17.0 Å². The fourth-order valence-corrected chi connectivity index (χ4v) is 6.99. The summed E-state index contributed by atoms with van der Waals surface area (Å²) in [4.78, 5) is 30.3. The van der Waals surface area contributed by atoms with E-state index in [4.69, 9.17) is 16.3 Å². The number of anilines is 1. The number of nitrogens with one attached hydrogen (secondary N) is 1. The lowest BCUT2D eigenvalue weighted by Crippen LogP contribution is -2.54. The number of amides is 2. The smallest absolute Gasteiger partial charge is 0.264 e. The number of sulfonamides is 1. The number of hydrogen-bond acceptors (Lipinski definition) is 5. The van der Waals surface area contributed by atoms with Gasteiger partial charge in [-0.3, -0.25) is 13.9 Å². The second-order valence-electron chi connectivity index (χ2n) is 12.4. The predicted octanol–water partition coefficient (Wildman–Crippen LogP) is 8.19. The third kappa shape index (κ3) is 9.99. The minimum absolute atomic E-state index is 0.0325. The highest BCUT2D eigenvalue weighted by atomic mass is 35.5. The van der Waals surface area contributed by atoms with Crippen molar-refractivity contribution < 1.29 is 22.7 Å². The number of aryl methyl sites for hydroxylation is 1. The maximum absolute atomic E-state index is 14.7. The van der Waals surface area contributed by atoms with Gasteiger partial charge < -0.3 is 15.0 Å². The van der Waals surface area contributed by atoms with Crippen LogP contribution < -0.4 is 14.4 Å². The molecule has 2 atom stereocenters. The van der Waals surface area contributed by atoms with Gasteiger partial charge in [-0.05, 0) is 92.1 Å². The summed E-state index contributed by atoms with van der Waals surface area (Å²) in [6, 6.07) is 37.6. The van der Waals surface area contributed by atoms with Crippen molar-refractivity contribution in [3.63, 3.8) is 0 Å². The van der Waals surface area contributed by atoms with E-state index in [9.17, 15) is 18.0 Å². The van der Waals surface area contributed by atoms with Crippen molar-refractivity contribution >= 4 is 39.1 Å². The first kappa shape index (κ1) is 37.1. The molecule has 2 amide bonds. The van der Waals surface area contributed by atoms with Gasteiger partial charge in [-0.2, -0.15) is 0 Å². The molecule has 0 saturated carbocycles. The van der Waals surface area contributed by atoms with E-state index in [0.29, 0.717) is 22.9 Å². The van der Waals surface area contributed by atoms with Crippen molar-refractivity contribution in [1.29, 1.82) is 0 Å². The van der Waals surface area contributed by atoms with Crippen molar-refractivity contribution in [3.05, 3.63) is 155 Å². The van der Waals surface area contributed by atoms with E-state index < -0.39 is 28.5 Å². The van der Waals surface area contributed by atoms with Gasteiger partial charge in [-0.25, -0.2) is 8.42 Å². The largest absolute Gasteiger partial charge is 0.457 e. The molecule has 51 heavy (non-hydrogen) atoms. The quantitative estimate of drug-likeness (QED) is 0.118. The number of nitrogens with zero attached hydrogens (tertiary/aromatic N) is 2. The molecule has 0 spiro atoms. The number of halogens is 1. The van der Waals surface area contributed by atoms with Crippen LogP contribution in [0.5, 0.6) is 11.5 Å². The van der Waals surface area contributed by atoms with Crippen LogP contribution in [0.3, 0.4) is 0 Å². The molecule has 264 valence electrons. The summed E-state index contributed by atoms with van der Waals surface area (Å²) in [6.07, 6.45) is 0.917. The lowest BCUT2D eigenvalue weighted by atomic mass is 10.0. The fraction of sp³-hybridized carbons (Fsp3) is 0.220. The second kappa shape index (κ2) is 17.2. The molecule has 0 bridgehead atoms. The van der Waals surface area contributed by atoms with Crippen LogP contribution in [0, 0.1) is 6.92 Å². The molecule has 0 unspecified atom stereocenters. The van der Waals surface area contributed by atoms with Crippen LogP contribution >= 0.6 is 11.6 Å². The van der Waals surface area contributed by atoms with Crippen LogP contribution in [0.4, 0.5) is 5.69 Å². The van der Waals surface area contributed by atoms with Crippen LogP contribution in [-0.2, 0) is 32.6 Å². The third-order valence-corrected chi connectivity index (χ3v) is 10.6. The van der Waals surface area contributed by atoms with E-state index in [1.54, 1.807) is 60.7 Å². The highest BCUT2D eigenvalue weighted by Crippen LogP contribution is 2.29. The van der Waals surface area contributed by atoms with Crippen molar-refractivity contribution in [3.8, 4) is 11.5 Å². The molecule has 1 N–H and O–H groups in total.